The molecule has 5 nitrogen and oxygen atoms in total. The van der Waals surface area contributed by atoms with Crippen LogP contribution in [0.1, 0.15) is 38.5 Å². The van der Waals surface area contributed by atoms with Crippen LogP contribution in [-0.4, -0.2) is 24.5 Å². The molecule has 1 aromatic carbocycles. The van der Waals surface area contributed by atoms with Crippen LogP contribution in [0.15, 0.2) is 45.9 Å². The molecule has 0 radical (unpaired) electrons. The number of benzene rings is 1. The fraction of sp³-hybridized carbons (Fsp3) is 0.474. The molecule has 2 N–H and O–H groups in total. The minimum Gasteiger partial charge on any atom is -0.439 e. The smallest absolute Gasteiger partial charge is 0.214 e. The molecule has 0 aliphatic heterocycles. The van der Waals surface area contributed by atoms with Gasteiger partial charge in [0.05, 0.1) is 12.7 Å². The van der Waals surface area contributed by atoms with Crippen molar-refractivity contribution in [3.05, 3.63) is 42.4 Å². The molecule has 0 unspecified atom stereocenters. The van der Waals surface area contributed by atoms with Crippen LogP contribution in [0.2, 0.25) is 0 Å². The van der Waals surface area contributed by atoms with E-state index in [0.717, 1.165) is 23.8 Å². The molecule has 1 aromatic heterocycles. The second-order valence-electron chi connectivity index (χ2n) is 6.47. The van der Waals surface area contributed by atoms with Gasteiger partial charge in [0.25, 0.3) is 0 Å². The summed E-state index contributed by atoms with van der Waals surface area (Å²) >= 11 is 0. The molecule has 2 aromatic rings. The molecule has 3 rings (SSSR count). The zero-order valence-corrected chi connectivity index (χ0v) is 17.2. The molecule has 1 fully saturated rings. The molecule has 0 amide bonds. The molecular weight excluding hydrogens is 427 g/mol. The van der Waals surface area contributed by atoms with Crippen LogP contribution in [-0.2, 0) is 6.54 Å². The summed E-state index contributed by atoms with van der Waals surface area (Å²) in [5.74, 6) is 2.24. The number of hydrogen-bond donors (Lipinski definition) is 2. The molecule has 1 heterocycles. The second kappa shape index (κ2) is 9.22. The quantitative estimate of drug-likeness (QED) is 0.390. The summed E-state index contributed by atoms with van der Waals surface area (Å²) in [5.41, 5.74) is 1.50. The summed E-state index contributed by atoms with van der Waals surface area (Å²) in [6.45, 7) is 3.77. The highest BCUT2D eigenvalue weighted by Gasteiger charge is 2.34. The highest BCUT2D eigenvalue weighted by Crippen LogP contribution is 2.42. The molecule has 1 aliphatic rings. The molecule has 1 aliphatic carbocycles. The summed E-state index contributed by atoms with van der Waals surface area (Å²) in [4.78, 5) is 8.63. The number of nitrogens with one attached hydrogen (secondary N) is 2. The third-order valence-corrected chi connectivity index (χ3v) is 5.04. The van der Waals surface area contributed by atoms with E-state index in [0.29, 0.717) is 17.9 Å². The molecule has 0 spiro atoms. The highest BCUT2D eigenvalue weighted by atomic mass is 127. The first kappa shape index (κ1) is 19.8. The highest BCUT2D eigenvalue weighted by molar-refractivity contribution is 14.0. The van der Waals surface area contributed by atoms with E-state index in [2.05, 4.69) is 27.5 Å². The Balaban J connectivity index is 0.00000225. The first-order chi connectivity index (χ1) is 11.7. The summed E-state index contributed by atoms with van der Waals surface area (Å²) in [7, 11) is 1.79. The van der Waals surface area contributed by atoms with Crippen LogP contribution in [0.5, 0.6) is 0 Å². The zero-order chi connectivity index (χ0) is 16.8. The van der Waals surface area contributed by atoms with Gasteiger partial charge in [0, 0.05) is 19.2 Å². The standard InChI is InChI=1S/C19H26N4O.HI/c1-3-19(10-7-11-19)14-23-18(20-2)22-13-17-21-12-16(24-17)15-8-5-4-6-9-15;/h4-6,8-9,12H,3,7,10-11,13-14H2,1-2H3,(H2,20,22,23);1H. The van der Waals surface area contributed by atoms with Crippen molar-refractivity contribution in [2.75, 3.05) is 13.6 Å². The Morgan fingerprint density at radius 3 is 2.60 bits per heavy atom. The topological polar surface area (TPSA) is 62.5 Å². The van der Waals surface area contributed by atoms with Gasteiger partial charge in [-0.25, -0.2) is 4.98 Å². The summed E-state index contributed by atoms with van der Waals surface area (Å²) in [6.07, 6.45) is 6.96. The summed E-state index contributed by atoms with van der Waals surface area (Å²) < 4.78 is 5.81. The van der Waals surface area contributed by atoms with Crippen LogP contribution >= 0.6 is 24.0 Å². The number of guanidine groups is 1. The SMILES string of the molecule is CCC1(CNC(=NC)NCc2ncc(-c3ccccc3)o2)CCC1.I. The molecule has 0 atom stereocenters. The van der Waals surface area contributed by atoms with Gasteiger partial charge in [-0.1, -0.05) is 43.7 Å². The van der Waals surface area contributed by atoms with E-state index in [1.807, 2.05) is 30.3 Å². The van der Waals surface area contributed by atoms with E-state index < -0.39 is 0 Å². The number of nitrogens with zero attached hydrogens (tertiary/aromatic N) is 2. The zero-order valence-electron chi connectivity index (χ0n) is 14.9. The van der Waals surface area contributed by atoms with Crippen molar-refractivity contribution in [1.29, 1.82) is 0 Å². The van der Waals surface area contributed by atoms with Gasteiger partial charge in [-0.2, -0.15) is 0 Å². The predicted molar refractivity (Wildman–Crippen MR) is 112 cm³/mol. The summed E-state index contributed by atoms with van der Waals surface area (Å²) in [6, 6.07) is 10.0. The summed E-state index contributed by atoms with van der Waals surface area (Å²) in [5, 5.41) is 6.72. The van der Waals surface area contributed by atoms with Crippen molar-refractivity contribution < 1.29 is 4.42 Å². The Morgan fingerprint density at radius 1 is 1.24 bits per heavy atom. The van der Waals surface area contributed by atoms with E-state index in [-0.39, 0.29) is 24.0 Å². The Labute approximate surface area is 166 Å². The molecule has 1 saturated carbocycles. The Bertz CT molecular complexity index is 674. The van der Waals surface area contributed by atoms with Crippen molar-refractivity contribution in [1.82, 2.24) is 15.6 Å². The van der Waals surface area contributed by atoms with Gasteiger partial charge in [0.2, 0.25) is 5.89 Å². The molecule has 25 heavy (non-hydrogen) atoms. The molecule has 0 bridgehead atoms. The first-order valence-corrected chi connectivity index (χ1v) is 8.69. The molecule has 6 heteroatoms. The normalized spacial score (nSPS) is 15.8. The Morgan fingerprint density at radius 2 is 2.00 bits per heavy atom. The van der Waals surface area contributed by atoms with Crippen LogP contribution < -0.4 is 10.6 Å². The maximum Gasteiger partial charge on any atom is 0.214 e. The number of rotatable bonds is 6. The predicted octanol–water partition coefficient (Wildman–Crippen LogP) is 4.20. The average molecular weight is 454 g/mol. The lowest BCUT2D eigenvalue weighted by atomic mass is 9.67. The van der Waals surface area contributed by atoms with Crippen molar-refractivity contribution in [3.63, 3.8) is 0 Å². The van der Waals surface area contributed by atoms with E-state index in [1.165, 1.54) is 25.7 Å². The minimum absolute atomic E-state index is 0. The van der Waals surface area contributed by atoms with Crippen LogP contribution in [0, 0.1) is 5.41 Å². The molecule has 0 saturated heterocycles. The number of oxazole rings is 1. The van der Waals surface area contributed by atoms with Gasteiger partial charge < -0.3 is 15.1 Å². The van der Waals surface area contributed by atoms with E-state index in [1.54, 1.807) is 13.2 Å². The van der Waals surface area contributed by atoms with Gasteiger partial charge in [0.1, 0.15) is 0 Å². The van der Waals surface area contributed by atoms with Gasteiger partial charge in [0.15, 0.2) is 11.7 Å². The third kappa shape index (κ3) is 4.96. The van der Waals surface area contributed by atoms with Gasteiger partial charge in [-0.15, -0.1) is 24.0 Å². The average Bonchev–Trinajstić information content (AvgIpc) is 3.06. The van der Waals surface area contributed by atoms with E-state index >= 15 is 0 Å². The van der Waals surface area contributed by atoms with Crippen LogP contribution in [0.3, 0.4) is 0 Å². The van der Waals surface area contributed by atoms with Crippen molar-refractivity contribution >= 4 is 29.9 Å². The monoisotopic (exact) mass is 454 g/mol. The van der Waals surface area contributed by atoms with E-state index in [4.69, 9.17) is 4.42 Å². The molecular formula is C19H27IN4O. The van der Waals surface area contributed by atoms with Gasteiger partial charge >= 0.3 is 0 Å². The van der Waals surface area contributed by atoms with Crippen molar-refractivity contribution in [2.45, 2.75) is 39.2 Å². The first-order valence-electron chi connectivity index (χ1n) is 8.69. The maximum absolute atomic E-state index is 5.81. The minimum atomic E-state index is 0. The lowest BCUT2D eigenvalue weighted by Crippen LogP contribution is -2.46. The van der Waals surface area contributed by atoms with E-state index in [9.17, 15) is 0 Å². The fourth-order valence-electron chi connectivity index (χ4n) is 3.11. The molecule has 136 valence electrons. The van der Waals surface area contributed by atoms with Crippen LogP contribution in [0.25, 0.3) is 11.3 Å². The number of aromatic nitrogens is 1. The fourth-order valence-corrected chi connectivity index (χ4v) is 3.11. The Hall–Kier alpha value is -1.57. The number of halogens is 1. The van der Waals surface area contributed by atoms with Crippen LogP contribution in [0.4, 0.5) is 0 Å². The van der Waals surface area contributed by atoms with Gasteiger partial charge in [-0.05, 0) is 24.7 Å². The Kier molecular flexibility index (Phi) is 7.28. The number of hydrogen-bond acceptors (Lipinski definition) is 3. The lowest BCUT2D eigenvalue weighted by Gasteiger charge is -2.41. The largest absolute Gasteiger partial charge is 0.439 e. The second-order valence-corrected chi connectivity index (χ2v) is 6.47. The van der Waals surface area contributed by atoms with Crippen molar-refractivity contribution in [2.24, 2.45) is 10.4 Å². The lowest BCUT2D eigenvalue weighted by molar-refractivity contribution is 0.131. The van der Waals surface area contributed by atoms with Crippen molar-refractivity contribution in [3.8, 4) is 11.3 Å². The van der Waals surface area contributed by atoms with Gasteiger partial charge in [-0.3, -0.25) is 4.99 Å². The maximum atomic E-state index is 5.81. The number of aliphatic imine (C=N–C) groups is 1. The third-order valence-electron chi connectivity index (χ3n) is 5.04.